The molecule has 6 nitrogen and oxygen atoms in total. The highest BCUT2D eigenvalue weighted by atomic mass is 16.5. The van der Waals surface area contributed by atoms with Crippen molar-refractivity contribution in [2.75, 3.05) is 26.2 Å². The van der Waals surface area contributed by atoms with Gasteiger partial charge in [0.1, 0.15) is 0 Å². The predicted octanol–water partition coefficient (Wildman–Crippen LogP) is 1.94. The van der Waals surface area contributed by atoms with Crippen LogP contribution < -0.4 is 5.32 Å². The Morgan fingerprint density at radius 1 is 1.35 bits per heavy atom. The first-order valence-electron chi connectivity index (χ1n) is 8.76. The summed E-state index contributed by atoms with van der Waals surface area (Å²) >= 11 is 0. The number of hydrogen-bond donors (Lipinski definition) is 2. The van der Waals surface area contributed by atoms with Crippen molar-refractivity contribution in [1.29, 1.82) is 0 Å². The largest absolute Gasteiger partial charge is 0.481 e. The van der Waals surface area contributed by atoms with Crippen molar-refractivity contribution in [3.8, 4) is 0 Å². The van der Waals surface area contributed by atoms with E-state index in [1.807, 2.05) is 6.92 Å². The van der Waals surface area contributed by atoms with Crippen LogP contribution in [0.3, 0.4) is 0 Å². The molecule has 1 saturated carbocycles. The first-order valence-corrected chi connectivity index (χ1v) is 8.76. The van der Waals surface area contributed by atoms with Crippen molar-refractivity contribution in [3.05, 3.63) is 0 Å². The minimum absolute atomic E-state index is 0.00439. The molecule has 3 rings (SSSR count). The SMILES string of the molecule is CC1CC(C(=O)O)CN(C(=O)NCC2(C)CCOC2C2CC2)C1. The number of carboxylic acid groups (broad SMARTS) is 1. The van der Waals surface area contributed by atoms with Crippen LogP contribution in [-0.4, -0.2) is 54.4 Å². The summed E-state index contributed by atoms with van der Waals surface area (Å²) in [6.45, 7) is 6.53. The maximum absolute atomic E-state index is 12.5. The topological polar surface area (TPSA) is 78.9 Å². The molecule has 2 N–H and O–H groups in total. The Morgan fingerprint density at radius 3 is 2.74 bits per heavy atom. The molecule has 4 atom stereocenters. The number of carbonyl (C=O) groups is 2. The highest BCUT2D eigenvalue weighted by Gasteiger charge is 2.48. The lowest BCUT2D eigenvalue weighted by Crippen LogP contribution is -2.52. The van der Waals surface area contributed by atoms with Crippen LogP contribution in [0.2, 0.25) is 0 Å². The number of aliphatic carboxylic acids is 1. The van der Waals surface area contributed by atoms with E-state index in [1.54, 1.807) is 4.90 Å². The number of urea groups is 1. The fourth-order valence-corrected chi connectivity index (χ4v) is 4.14. The maximum atomic E-state index is 12.5. The van der Waals surface area contributed by atoms with Gasteiger partial charge in [0.2, 0.25) is 0 Å². The highest BCUT2D eigenvalue weighted by molar-refractivity contribution is 5.76. The Kier molecular flexibility index (Phi) is 4.54. The molecule has 2 aliphatic heterocycles. The van der Waals surface area contributed by atoms with Crippen LogP contribution in [0.5, 0.6) is 0 Å². The monoisotopic (exact) mass is 324 g/mol. The first-order chi connectivity index (χ1) is 10.9. The van der Waals surface area contributed by atoms with Crippen molar-refractivity contribution in [3.63, 3.8) is 0 Å². The number of likely N-dealkylation sites (tertiary alicyclic amines) is 1. The van der Waals surface area contributed by atoms with E-state index in [9.17, 15) is 14.7 Å². The number of piperidine rings is 1. The quantitative estimate of drug-likeness (QED) is 0.828. The zero-order valence-corrected chi connectivity index (χ0v) is 14.1. The Balaban J connectivity index is 1.55. The van der Waals surface area contributed by atoms with E-state index < -0.39 is 11.9 Å². The van der Waals surface area contributed by atoms with Gasteiger partial charge >= 0.3 is 12.0 Å². The van der Waals surface area contributed by atoms with Gasteiger partial charge in [0.25, 0.3) is 0 Å². The maximum Gasteiger partial charge on any atom is 0.317 e. The second-order valence-electron chi connectivity index (χ2n) is 7.97. The van der Waals surface area contributed by atoms with Crippen LogP contribution in [0.4, 0.5) is 4.79 Å². The van der Waals surface area contributed by atoms with Gasteiger partial charge in [-0.2, -0.15) is 0 Å². The van der Waals surface area contributed by atoms with Crippen LogP contribution in [0, 0.1) is 23.2 Å². The van der Waals surface area contributed by atoms with E-state index in [1.165, 1.54) is 12.8 Å². The summed E-state index contributed by atoms with van der Waals surface area (Å²) < 4.78 is 5.89. The molecule has 23 heavy (non-hydrogen) atoms. The molecule has 6 heteroatoms. The van der Waals surface area contributed by atoms with Gasteiger partial charge in [0.15, 0.2) is 0 Å². The van der Waals surface area contributed by atoms with Gasteiger partial charge in [0.05, 0.1) is 12.0 Å². The predicted molar refractivity (Wildman–Crippen MR) is 85.1 cm³/mol. The Labute approximate surface area is 137 Å². The van der Waals surface area contributed by atoms with Gasteiger partial charge in [0, 0.05) is 31.7 Å². The van der Waals surface area contributed by atoms with Gasteiger partial charge in [-0.3, -0.25) is 4.79 Å². The number of carboxylic acids is 1. The Hall–Kier alpha value is -1.30. The molecule has 130 valence electrons. The number of carbonyl (C=O) groups excluding carboxylic acids is 1. The molecule has 2 amide bonds. The zero-order valence-electron chi connectivity index (χ0n) is 14.1. The van der Waals surface area contributed by atoms with E-state index in [-0.39, 0.29) is 23.5 Å². The lowest BCUT2D eigenvalue weighted by molar-refractivity contribution is -0.143. The number of rotatable bonds is 4. The molecule has 0 bridgehead atoms. The summed E-state index contributed by atoms with van der Waals surface area (Å²) in [6, 6.07) is -0.134. The molecular formula is C17H28N2O4. The molecular weight excluding hydrogens is 296 g/mol. The summed E-state index contributed by atoms with van der Waals surface area (Å²) in [7, 11) is 0. The highest BCUT2D eigenvalue weighted by Crippen LogP contribution is 2.47. The van der Waals surface area contributed by atoms with E-state index in [4.69, 9.17) is 4.74 Å². The van der Waals surface area contributed by atoms with E-state index in [0.29, 0.717) is 32.0 Å². The summed E-state index contributed by atoms with van der Waals surface area (Å²) in [5, 5.41) is 12.3. The van der Waals surface area contributed by atoms with E-state index in [2.05, 4.69) is 12.2 Å². The minimum Gasteiger partial charge on any atom is -0.481 e. The molecule has 0 radical (unpaired) electrons. The number of amides is 2. The zero-order chi connectivity index (χ0) is 16.6. The second-order valence-corrected chi connectivity index (χ2v) is 7.97. The average molecular weight is 324 g/mol. The van der Waals surface area contributed by atoms with Crippen LogP contribution in [0.15, 0.2) is 0 Å². The third-order valence-electron chi connectivity index (χ3n) is 5.65. The lowest BCUT2D eigenvalue weighted by atomic mass is 9.81. The van der Waals surface area contributed by atoms with Crippen LogP contribution in [0.25, 0.3) is 0 Å². The van der Waals surface area contributed by atoms with Crippen LogP contribution in [0.1, 0.15) is 39.5 Å². The summed E-state index contributed by atoms with van der Waals surface area (Å²) in [5.41, 5.74) is 0.00439. The van der Waals surface area contributed by atoms with Gasteiger partial charge in [-0.15, -0.1) is 0 Å². The van der Waals surface area contributed by atoms with Crippen molar-refractivity contribution in [2.45, 2.75) is 45.6 Å². The Bertz CT molecular complexity index is 479. The summed E-state index contributed by atoms with van der Waals surface area (Å²) in [5.74, 6) is -0.376. The number of nitrogens with zero attached hydrogens (tertiary/aromatic N) is 1. The number of nitrogens with one attached hydrogen (secondary N) is 1. The molecule has 2 heterocycles. The molecule has 2 saturated heterocycles. The van der Waals surface area contributed by atoms with E-state index in [0.717, 1.165) is 13.0 Å². The number of hydrogen-bond acceptors (Lipinski definition) is 3. The normalized spacial score (nSPS) is 37.7. The van der Waals surface area contributed by atoms with Crippen molar-refractivity contribution < 1.29 is 19.4 Å². The molecule has 0 aromatic rings. The van der Waals surface area contributed by atoms with Gasteiger partial charge in [-0.05, 0) is 37.5 Å². The van der Waals surface area contributed by atoms with Gasteiger partial charge in [-0.25, -0.2) is 4.79 Å². The fraction of sp³-hybridized carbons (Fsp3) is 0.882. The molecule has 1 aliphatic carbocycles. The fourth-order valence-electron chi connectivity index (χ4n) is 4.14. The summed E-state index contributed by atoms with van der Waals surface area (Å²) in [4.78, 5) is 25.4. The van der Waals surface area contributed by atoms with Crippen LogP contribution in [-0.2, 0) is 9.53 Å². The molecule has 3 aliphatic rings. The average Bonchev–Trinajstić information content (AvgIpc) is 3.27. The van der Waals surface area contributed by atoms with Gasteiger partial charge in [-0.1, -0.05) is 13.8 Å². The molecule has 0 aromatic heterocycles. The van der Waals surface area contributed by atoms with E-state index >= 15 is 0 Å². The lowest BCUT2D eigenvalue weighted by Gasteiger charge is -2.36. The van der Waals surface area contributed by atoms with Crippen LogP contribution >= 0.6 is 0 Å². The molecule has 4 unspecified atom stereocenters. The summed E-state index contributed by atoms with van der Waals surface area (Å²) in [6.07, 6.45) is 4.35. The third kappa shape index (κ3) is 3.62. The smallest absolute Gasteiger partial charge is 0.317 e. The molecule has 3 fully saturated rings. The first kappa shape index (κ1) is 16.6. The molecule has 0 aromatic carbocycles. The van der Waals surface area contributed by atoms with Crippen molar-refractivity contribution >= 4 is 12.0 Å². The number of ether oxygens (including phenoxy) is 1. The van der Waals surface area contributed by atoms with Crippen molar-refractivity contribution in [1.82, 2.24) is 10.2 Å². The minimum atomic E-state index is -0.806. The van der Waals surface area contributed by atoms with Gasteiger partial charge < -0.3 is 20.1 Å². The Morgan fingerprint density at radius 2 is 2.09 bits per heavy atom. The van der Waals surface area contributed by atoms with Crippen molar-refractivity contribution in [2.24, 2.45) is 23.2 Å². The molecule has 0 spiro atoms. The third-order valence-corrected chi connectivity index (χ3v) is 5.65. The second kappa shape index (κ2) is 6.30. The standard InChI is InChI=1S/C17H28N2O4/c1-11-7-13(15(20)21)9-19(8-11)16(22)18-10-17(2)5-6-23-14(17)12-3-4-12/h11-14H,3-10H2,1-2H3,(H,18,22)(H,20,21).